The number of hydrogen-bond acceptors (Lipinski definition) is 4. The lowest BCUT2D eigenvalue weighted by molar-refractivity contribution is 0.362. The van der Waals surface area contributed by atoms with E-state index in [0.29, 0.717) is 0 Å². The number of anilines is 1. The SMILES string of the molecule is CCNCc1sc(N2CCCC3CCCC32)nc1CC. The van der Waals surface area contributed by atoms with Gasteiger partial charge in [-0.25, -0.2) is 4.98 Å². The Morgan fingerprint density at radius 2 is 2.10 bits per heavy atom. The molecule has 2 aliphatic rings. The van der Waals surface area contributed by atoms with Crippen molar-refractivity contribution in [3.8, 4) is 0 Å². The second kappa shape index (κ2) is 6.44. The first-order valence-corrected chi connectivity index (χ1v) is 9.11. The molecule has 2 atom stereocenters. The lowest BCUT2D eigenvalue weighted by Gasteiger charge is -2.37. The summed E-state index contributed by atoms with van der Waals surface area (Å²) in [7, 11) is 0. The Kier molecular flexibility index (Phi) is 4.61. The van der Waals surface area contributed by atoms with E-state index in [0.717, 1.165) is 31.5 Å². The molecule has 3 nitrogen and oxygen atoms in total. The maximum Gasteiger partial charge on any atom is 0.186 e. The normalized spacial score (nSPS) is 26.0. The van der Waals surface area contributed by atoms with Crippen molar-refractivity contribution in [2.24, 2.45) is 5.92 Å². The molecular formula is C16H27N3S. The zero-order valence-corrected chi connectivity index (χ0v) is 13.6. The molecule has 2 fully saturated rings. The van der Waals surface area contributed by atoms with E-state index in [1.54, 1.807) is 0 Å². The van der Waals surface area contributed by atoms with Crippen LogP contribution in [0.15, 0.2) is 0 Å². The highest BCUT2D eigenvalue weighted by Crippen LogP contribution is 2.40. The van der Waals surface area contributed by atoms with Crippen molar-refractivity contribution in [3.63, 3.8) is 0 Å². The van der Waals surface area contributed by atoms with Crippen molar-refractivity contribution in [1.29, 1.82) is 0 Å². The molecule has 1 aromatic rings. The van der Waals surface area contributed by atoms with Crippen molar-refractivity contribution >= 4 is 16.5 Å². The first-order valence-electron chi connectivity index (χ1n) is 8.29. The molecule has 2 unspecified atom stereocenters. The van der Waals surface area contributed by atoms with E-state index in [4.69, 9.17) is 4.98 Å². The minimum absolute atomic E-state index is 0.784. The molecule has 0 amide bonds. The van der Waals surface area contributed by atoms with Crippen LogP contribution in [0.3, 0.4) is 0 Å². The predicted octanol–water partition coefficient (Wildman–Crippen LogP) is 3.58. The van der Waals surface area contributed by atoms with Crippen LogP contribution < -0.4 is 10.2 Å². The van der Waals surface area contributed by atoms with Crippen molar-refractivity contribution in [2.45, 2.75) is 65.0 Å². The number of nitrogens with one attached hydrogen (secondary N) is 1. The van der Waals surface area contributed by atoms with Gasteiger partial charge in [-0.05, 0) is 44.6 Å². The maximum atomic E-state index is 4.97. The molecule has 112 valence electrons. The van der Waals surface area contributed by atoms with Crippen molar-refractivity contribution < 1.29 is 0 Å². The van der Waals surface area contributed by atoms with E-state index in [9.17, 15) is 0 Å². The highest BCUT2D eigenvalue weighted by atomic mass is 32.1. The van der Waals surface area contributed by atoms with Gasteiger partial charge in [-0.2, -0.15) is 0 Å². The van der Waals surface area contributed by atoms with E-state index in [1.807, 2.05) is 11.3 Å². The Hall–Kier alpha value is -0.610. The van der Waals surface area contributed by atoms with E-state index in [2.05, 4.69) is 24.1 Å². The molecule has 0 aromatic carbocycles. The molecule has 1 saturated carbocycles. The Morgan fingerprint density at radius 3 is 2.90 bits per heavy atom. The summed E-state index contributed by atoms with van der Waals surface area (Å²) in [5.41, 5.74) is 1.31. The molecule has 1 aliphatic heterocycles. The van der Waals surface area contributed by atoms with E-state index in [1.165, 1.54) is 54.4 Å². The minimum atomic E-state index is 0.784. The molecular weight excluding hydrogens is 266 g/mol. The number of fused-ring (bicyclic) bond motifs is 1. The second-order valence-electron chi connectivity index (χ2n) is 6.09. The number of aryl methyl sites for hydroxylation is 1. The van der Waals surface area contributed by atoms with Gasteiger partial charge < -0.3 is 10.2 Å². The summed E-state index contributed by atoms with van der Waals surface area (Å²) in [6.45, 7) is 7.63. The molecule has 1 N–H and O–H groups in total. The van der Waals surface area contributed by atoms with Gasteiger partial charge in [0.1, 0.15) is 0 Å². The third-order valence-corrected chi connectivity index (χ3v) is 6.01. The molecule has 4 heteroatoms. The Morgan fingerprint density at radius 1 is 1.25 bits per heavy atom. The average Bonchev–Trinajstić information content (AvgIpc) is 3.10. The van der Waals surface area contributed by atoms with Crippen molar-refractivity contribution in [3.05, 3.63) is 10.6 Å². The number of nitrogens with zero attached hydrogens (tertiary/aromatic N) is 2. The lowest BCUT2D eigenvalue weighted by atomic mass is 9.92. The molecule has 20 heavy (non-hydrogen) atoms. The van der Waals surface area contributed by atoms with Gasteiger partial charge in [-0.1, -0.05) is 20.3 Å². The van der Waals surface area contributed by atoms with Crippen LogP contribution in [0.5, 0.6) is 0 Å². The number of hydrogen-bond donors (Lipinski definition) is 1. The quantitative estimate of drug-likeness (QED) is 0.899. The first-order chi connectivity index (χ1) is 9.83. The monoisotopic (exact) mass is 293 g/mol. The molecule has 0 radical (unpaired) electrons. The summed E-state index contributed by atoms with van der Waals surface area (Å²) in [5, 5.41) is 4.75. The fourth-order valence-corrected chi connectivity index (χ4v) is 5.04. The van der Waals surface area contributed by atoms with Crippen LogP contribution in [-0.4, -0.2) is 24.1 Å². The Balaban J connectivity index is 1.80. The van der Waals surface area contributed by atoms with Gasteiger partial charge in [-0.3, -0.25) is 0 Å². The van der Waals surface area contributed by atoms with Crippen LogP contribution in [0.2, 0.25) is 0 Å². The van der Waals surface area contributed by atoms with Gasteiger partial charge in [0, 0.05) is 24.0 Å². The third kappa shape index (κ3) is 2.73. The topological polar surface area (TPSA) is 28.2 Å². The van der Waals surface area contributed by atoms with Gasteiger partial charge in [0.15, 0.2) is 5.13 Å². The van der Waals surface area contributed by atoms with Crippen LogP contribution in [0, 0.1) is 5.92 Å². The summed E-state index contributed by atoms with van der Waals surface area (Å²) in [6, 6.07) is 0.784. The Bertz CT molecular complexity index is 443. The lowest BCUT2D eigenvalue weighted by Crippen LogP contribution is -2.42. The molecule has 0 bridgehead atoms. The van der Waals surface area contributed by atoms with Crippen LogP contribution in [0.1, 0.15) is 56.5 Å². The zero-order chi connectivity index (χ0) is 13.9. The summed E-state index contributed by atoms with van der Waals surface area (Å²) in [4.78, 5) is 9.06. The third-order valence-electron chi connectivity index (χ3n) is 4.88. The maximum absolute atomic E-state index is 4.97. The summed E-state index contributed by atoms with van der Waals surface area (Å²) in [6.07, 6.45) is 8.09. The van der Waals surface area contributed by atoms with Crippen LogP contribution in [0.4, 0.5) is 5.13 Å². The van der Waals surface area contributed by atoms with Gasteiger partial charge in [0.2, 0.25) is 0 Å². The van der Waals surface area contributed by atoms with Crippen molar-refractivity contribution in [1.82, 2.24) is 10.3 Å². The minimum Gasteiger partial charge on any atom is -0.345 e. The van der Waals surface area contributed by atoms with Gasteiger partial charge >= 0.3 is 0 Å². The number of rotatable bonds is 5. The van der Waals surface area contributed by atoms with Crippen LogP contribution in [-0.2, 0) is 13.0 Å². The van der Waals surface area contributed by atoms with Gasteiger partial charge in [0.25, 0.3) is 0 Å². The fraction of sp³-hybridized carbons (Fsp3) is 0.812. The smallest absolute Gasteiger partial charge is 0.186 e. The standard InChI is InChI=1S/C16H27N3S/c1-3-13-15(11-17-4-2)20-16(18-13)19-10-6-8-12-7-5-9-14(12)19/h12,14,17H,3-11H2,1-2H3. The largest absolute Gasteiger partial charge is 0.345 e. The molecule has 0 spiro atoms. The van der Waals surface area contributed by atoms with Gasteiger partial charge in [0.05, 0.1) is 5.69 Å². The average molecular weight is 293 g/mol. The zero-order valence-electron chi connectivity index (χ0n) is 12.8. The molecule has 1 saturated heterocycles. The summed E-state index contributed by atoms with van der Waals surface area (Å²) >= 11 is 1.93. The molecule has 1 aromatic heterocycles. The highest BCUT2D eigenvalue weighted by Gasteiger charge is 2.36. The van der Waals surface area contributed by atoms with Gasteiger partial charge in [-0.15, -0.1) is 11.3 Å². The first kappa shape index (κ1) is 14.3. The summed E-state index contributed by atoms with van der Waals surface area (Å²) < 4.78 is 0. The fourth-order valence-electron chi connectivity index (χ4n) is 3.84. The highest BCUT2D eigenvalue weighted by molar-refractivity contribution is 7.15. The second-order valence-corrected chi connectivity index (χ2v) is 7.16. The number of aromatic nitrogens is 1. The van der Waals surface area contributed by atoms with E-state index >= 15 is 0 Å². The Labute approximate surface area is 126 Å². The van der Waals surface area contributed by atoms with Crippen LogP contribution >= 0.6 is 11.3 Å². The van der Waals surface area contributed by atoms with Crippen LogP contribution in [0.25, 0.3) is 0 Å². The van der Waals surface area contributed by atoms with Crippen molar-refractivity contribution in [2.75, 3.05) is 18.0 Å². The summed E-state index contributed by atoms with van der Waals surface area (Å²) in [5.74, 6) is 0.940. The molecule has 1 aliphatic carbocycles. The van der Waals surface area contributed by atoms with E-state index < -0.39 is 0 Å². The van der Waals surface area contributed by atoms with E-state index in [-0.39, 0.29) is 0 Å². The molecule has 3 rings (SSSR count). The molecule has 2 heterocycles. The number of piperidine rings is 1. The number of thiazole rings is 1. The predicted molar refractivity (Wildman–Crippen MR) is 86.6 cm³/mol.